The molecule has 5 saturated carbocycles. The number of Topliss-reactive ketones (excluding diaryl/α,β-unsaturated/α-hetero) is 1. The summed E-state index contributed by atoms with van der Waals surface area (Å²) in [4.78, 5) is 38.8. The van der Waals surface area contributed by atoms with Gasteiger partial charge in [0.15, 0.2) is 5.78 Å². The van der Waals surface area contributed by atoms with E-state index in [1.807, 2.05) is 0 Å². The highest BCUT2D eigenvalue weighted by molar-refractivity contribution is 6.00. The molecule has 0 aromatic rings. The van der Waals surface area contributed by atoms with Crippen molar-refractivity contribution in [2.75, 3.05) is 6.54 Å². The number of hydrogen-bond donors (Lipinski definition) is 3. The van der Waals surface area contributed by atoms with E-state index in [0.29, 0.717) is 36.8 Å². The zero-order chi connectivity index (χ0) is 35.9. The molecule has 5 fully saturated rings. The fraction of sp³-hybridized carbons (Fsp3) is 0.881. The van der Waals surface area contributed by atoms with Crippen molar-refractivity contribution in [2.24, 2.45) is 56.2 Å². The van der Waals surface area contributed by atoms with E-state index >= 15 is 0 Å². The molecule has 2 unspecified atom stereocenters. The predicted molar refractivity (Wildman–Crippen MR) is 192 cm³/mol. The molecule has 7 heteroatoms. The predicted octanol–water partition coefficient (Wildman–Crippen LogP) is 8.27. The van der Waals surface area contributed by atoms with Crippen LogP contribution in [0.2, 0.25) is 0 Å². The van der Waals surface area contributed by atoms with Gasteiger partial charge in [-0.3, -0.25) is 14.4 Å². The lowest BCUT2D eigenvalue weighted by Crippen LogP contribution is -2.66. The number of aliphatic hydroxyl groups excluding tert-OH is 1. The van der Waals surface area contributed by atoms with E-state index in [4.69, 9.17) is 4.74 Å². The van der Waals surface area contributed by atoms with Crippen LogP contribution in [0.3, 0.4) is 0 Å². The molecule has 6 aliphatic carbocycles. The molecule has 0 aromatic heterocycles. The third-order valence-corrected chi connectivity index (χ3v) is 16.5. The summed E-state index contributed by atoms with van der Waals surface area (Å²) < 4.78 is 6.16. The van der Waals surface area contributed by atoms with Crippen LogP contribution in [0, 0.1) is 56.2 Å². The van der Waals surface area contributed by atoms with Gasteiger partial charge in [-0.05, 0) is 124 Å². The molecule has 6 aliphatic rings. The number of esters is 1. The fourth-order valence-corrected chi connectivity index (χ4v) is 13.5. The molecular formula is C42H67NO6. The lowest BCUT2D eigenvalue weighted by atomic mass is 9.33. The van der Waals surface area contributed by atoms with Crippen LogP contribution in [-0.2, 0) is 19.1 Å². The van der Waals surface area contributed by atoms with Crippen LogP contribution in [0.5, 0.6) is 0 Å². The maximum atomic E-state index is 14.0. The van der Waals surface area contributed by atoms with E-state index in [9.17, 15) is 24.6 Å². The maximum Gasteiger partial charge on any atom is 0.309 e. The Morgan fingerprint density at radius 2 is 1.57 bits per heavy atom. The van der Waals surface area contributed by atoms with Crippen LogP contribution in [0.1, 0.15) is 152 Å². The summed E-state index contributed by atoms with van der Waals surface area (Å²) >= 11 is 0. The van der Waals surface area contributed by atoms with Gasteiger partial charge in [0.2, 0.25) is 0 Å². The summed E-state index contributed by atoms with van der Waals surface area (Å²) in [6.45, 7) is 20.3. The number of aliphatic carboxylic acids is 1. The Balaban J connectivity index is 1.28. The topological polar surface area (TPSA) is 113 Å². The molecule has 3 N–H and O–H groups in total. The van der Waals surface area contributed by atoms with Gasteiger partial charge < -0.3 is 20.3 Å². The number of carboxylic acids is 1. The number of ether oxygens (including phenoxy) is 1. The van der Waals surface area contributed by atoms with Gasteiger partial charge in [0, 0.05) is 29.8 Å². The highest BCUT2D eigenvalue weighted by Gasteiger charge is 2.70. The lowest BCUT2D eigenvalue weighted by Gasteiger charge is -2.72. The average molecular weight is 682 g/mol. The highest BCUT2D eigenvalue weighted by Crippen LogP contribution is 2.77. The Hall–Kier alpha value is -1.73. The standard InChI is InChI=1S/C42H67NO6/c1-25(2)34-28(44)22-42(31(45)24-43-26-12-10-11-13-26)21-20-40(8)27(35(34)42)14-15-30-39(7)18-17-32(49-33(46)23-37(3,4)36(47)48)38(5,6)29(39)16-19-41(30,40)9/h25-27,29-32,43,45H,10-24H2,1-9H3,(H,47,48)/t27-,29?,30?,31-,32+,39+,40-,41-,42+/m1/s1. The molecule has 0 aliphatic heterocycles. The van der Waals surface area contributed by atoms with Gasteiger partial charge in [0.1, 0.15) is 6.10 Å². The van der Waals surface area contributed by atoms with Crippen LogP contribution < -0.4 is 5.32 Å². The zero-order valence-corrected chi connectivity index (χ0v) is 32.2. The number of allylic oxidation sites excluding steroid dienone is 1. The third kappa shape index (κ3) is 5.60. The molecule has 0 saturated heterocycles. The normalized spacial score (nSPS) is 41.2. The molecule has 0 heterocycles. The number of fused-ring (bicyclic) bond motifs is 7. The number of carbonyl (C=O) groups is 3. The number of carboxylic acid groups (broad SMARTS) is 1. The van der Waals surface area contributed by atoms with Crippen LogP contribution in [-0.4, -0.2) is 52.7 Å². The summed E-state index contributed by atoms with van der Waals surface area (Å²) in [7, 11) is 0. The van der Waals surface area contributed by atoms with E-state index in [2.05, 4.69) is 53.8 Å². The molecule has 0 radical (unpaired) electrons. The Morgan fingerprint density at radius 1 is 0.898 bits per heavy atom. The smallest absolute Gasteiger partial charge is 0.309 e. The molecule has 0 amide bonds. The number of carbonyl (C=O) groups excluding carboxylic acids is 2. The van der Waals surface area contributed by atoms with Gasteiger partial charge in [0.25, 0.3) is 0 Å². The molecule has 0 bridgehead atoms. The molecule has 0 spiro atoms. The van der Waals surface area contributed by atoms with Crippen LogP contribution in [0.4, 0.5) is 0 Å². The summed E-state index contributed by atoms with van der Waals surface area (Å²) in [6, 6.07) is 0.485. The summed E-state index contributed by atoms with van der Waals surface area (Å²) in [5, 5.41) is 25.4. The van der Waals surface area contributed by atoms with E-state index in [-0.39, 0.29) is 45.9 Å². The number of aliphatic hydroxyl groups is 1. The number of rotatable bonds is 9. The molecule has 6 rings (SSSR count). The Labute approximate surface area is 296 Å². The summed E-state index contributed by atoms with van der Waals surface area (Å²) in [5.74, 6) is 0.248. The first-order valence-corrected chi connectivity index (χ1v) is 19.9. The van der Waals surface area contributed by atoms with Crippen molar-refractivity contribution >= 4 is 17.7 Å². The Morgan fingerprint density at radius 3 is 2.20 bits per heavy atom. The third-order valence-electron chi connectivity index (χ3n) is 16.5. The largest absolute Gasteiger partial charge is 0.481 e. The monoisotopic (exact) mass is 681 g/mol. The van der Waals surface area contributed by atoms with E-state index in [0.717, 1.165) is 56.9 Å². The zero-order valence-electron chi connectivity index (χ0n) is 32.2. The van der Waals surface area contributed by atoms with E-state index in [1.54, 1.807) is 13.8 Å². The first-order valence-electron chi connectivity index (χ1n) is 19.9. The second-order valence-corrected chi connectivity index (χ2v) is 20.0. The minimum Gasteiger partial charge on any atom is -0.481 e. The van der Waals surface area contributed by atoms with E-state index in [1.165, 1.54) is 31.3 Å². The lowest BCUT2D eigenvalue weighted by molar-refractivity contribution is -0.235. The van der Waals surface area contributed by atoms with Gasteiger partial charge >= 0.3 is 11.9 Å². The van der Waals surface area contributed by atoms with Crippen molar-refractivity contribution in [3.63, 3.8) is 0 Å². The highest BCUT2D eigenvalue weighted by atomic mass is 16.5. The summed E-state index contributed by atoms with van der Waals surface area (Å²) in [6.07, 6.45) is 12.5. The number of nitrogens with one attached hydrogen (secondary N) is 1. The summed E-state index contributed by atoms with van der Waals surface area (Å²) in [5.41, 5.74) is 0.762. The van der Waals surface area contributed by atoms with Crippen LogP contribution in [0.25, 0.3) is 0 Å². The Kier molecular flexibility index (Phi) is 9.41. The first-order chi connectivity index (χ1) is 22.7. The SMILES string of the molecule is CC(C)C1=C2[C@H]3CCC4[C@@]5(C)CC[C@H](OC(=O)CC(C)(C)C(=O)O)C(C)(C)C5CC[C@@]4(C)[C@]3(C)CC[C@@]2([C@H](O)CNC2CCCC2)CC1=O. The van der Waals surface area contributed by atoms with Crippen molar-refractivity contribution in [1.29, 1.82) is 0 Å². The van der Waals surface area contributed by atoms with E-state index < -0.39 is 28.9 Å². The molecule has 276 valence electrons. The average Bonchev–Trinajstić information content (AvgIpc) is 3.63. The molecule has 49 heavy (non-hydrogen) atoms. The number of hydrogen-bond acceptors (Lipinski definition) is 6. The van der Waals surface area contributed by atoms with Crippen molar-refractivity contribution < 1.29 is 29.3 Å². The van der Waals surface area contributed by atoms with Gasteiger partial charge in [-0.2, -0.15) is 0 Å². The Bertz CT molecular complexity index is 1370. The quantitative estimate of drug-likeness (QED) is 0.210. The minimum atomic E-state index is -1.15. The molecular weight excluding hydrogens is 614 g/mol. The second kappa shape index (κ2) is 12.5. The molecule has 0 aromatic carbocycles. The first kappa shape index (κ1) is 37.0. The van der Waals surface area contributed by atoms with Crippen molar-refractivity contribution in [3.05, 3.63) is 11.1 Å². The fourth-order valence-electron chi connectivity index (χ4n) is 13.5. The van der Waals surface area contributed by atoms with Crippen molar-refractivity contribution in [2.45, 2.75) is 170 Å². The van der Waals surface area contributed by atoms with Crippen molar-refractivity contribution in [1.82, 2.24) is 5.32 Å². The number of ketones is 1. The van der Waals surface area contributed by atoms with Gasteiger partial charge in [0.05, 0.1) is 17.9 Å². The maximum absolute atomic E-state index is 14.0. The minimum absolute atomic E-state index is 0.0297. The second-order valence-electron chi connectivity index (χ2n) is 20.0. The molecule has 7 nitrogen and oxygen atoms in total. The van der Waals surface area contributed by atoms with Crippen LogP contribution >= 0.6 is 0 Å². The van der Waals surface area contributed by atoms with Gasteiger partial charge in [-0.1, -0.05) is 66.9 Å². The van der Waals surface area contributed by atoms with Gasteiger partial charge in [-0.25, -0.2) is 0 Å². The van der Waals surface area contributed by atoms with Crippen LogP contribution in [0.15, 0.2) is 11.1 Å². The van der Waals surface area contributed by atoms with Crippen molar-refractivity contribution in [3.8, 4) is 0 Å². The van der Waals surface area contributed by atoms with Gasteiger partial charge in [-0.15, -0.1) is 0 Å². The molecule has 9 atom stereocenters.